The molecule has 1 aliphatic heterocycles. The third-order valence-corrected chi connectivity index (χ3v) is 2.55. The fourth-order valence-corrected chi connectivity index (χ4v) is 1.69. The number of carbonyl (C=O) groups is 1. The first kappa shape index (κ1) is 11.5. The highest BCUT2D eigenvalue weighted by Crippen LogP contribution is 2.06. The molecule has 82 valence electrons. The SMILES string of the molecule is CC(O)CCC(=O)NC1CCN(C)C1. The second-order valence-corrected chi connectivity index (χ2v) is 4.20. The van der Waals surface area contributed by atoms with Gasteiger partial charge in [0, 0.05) is 19.0 Å². The van der Waals surface area contributed by atoms with E-state index in [1.54, 1.807) is 6.92 Å². The molecule has 0 radical (unpaired) electrons. The molecule has 4 nitrogen and oxygen atoms in total. The number of aliphatic hydroxyl groups is 1. The molecule has 0 aromatic heterocycles. The fraction of sp³-hybridized carbons (Fsp3) is 0.900. The van der Waals surface area contributed by atoms with Gasteiger partial charge in [0.1, 0.15) is 0 Å². The molecule has 2 unspecified atom stereocenters. The lowest BCUT2D eigenvalue weighted by molar-refractivity contribution is -0.122. The number of aliphatic hydroxyl groups excluding tert-OH is 1. The van der Waals surface area contributed by atoms with Crippen molar-refractivity contribution in [1.82, 2.24) is 10.2 Å². The van der Waals surface area contributed by atoms with Crippen LogP contribution in [0.5, 0.6) is 0 Å². The first-order valence-electron chi connectivity index (χ1n) is 5.24. The summed E-state index contributed by atoms with van der Waals surface area (Å²) < 4.78 is 0. The minimum absolute atomic E-state index is 0.0613. The molecule has 1 amide bonds. The van der Waals surface area contributed by atoms with Crippen LogP contribution in [0.15, 0.2) is 0 Å². The van der Waals surface area contributed by atoms with Gasteiger partial charge in [-0.3, -0.25) is 4.79 Å². The number of nitrogens with one attached hydrogen (secondary N) is 1. The summed E-state index contributed by atoms with van der Waals surface area (Å²) in [6.07, 6.45) is 1.63. The highest BCUT2D eigenvalue weighted by molar-refractivity contribution is 5.76. The van der Waals surface area contributed by atoms with Crippen molar-refractivity contribution in [2.45, 2.75) is 38.3 Å². The predicted molar refractivity (Wildman–Crippen MR) is 55.0 cm³/mol. The number of carbonyl (C=O) groups excluding carboxylic acids is 1. The zero-order valence-corrected chi connectivity index (χ0v) is 8.99. The van der Waals surface area contributed by atoms with Gasteiger partial charge in [-0.2, -0.15) is 0 Å². The van der Waals surface area contributed by atoms with Crippen LogP contribution in [-0.2, 0) is 4.79 Å². The standard InChI is InChI=1S/C10H20N2O2/c1-8(13)3-4-10(14)11-9-5-6-12(2)7-9/h8-9,13H,3-7H2,1-2H3,(H,11,14). The van der Waals surface area contributed by atoms with Crippen molar-refractivity contribution in [2.24, 2.45) is 0 Å². The number of hydrogen-bond donors (Lipinski definition) is 2. The minimum Gasteiger partial charge on any atom is -0.393 e. The van der Waals surface area contributed by atoms with Crippen LogP contribution in [0.4, 0.5) is 0 Å². The number of likely N-dealkylation sites (tertiary alicyclic amines) is 1. The summed E-state index contributed by atoms with van der Waals surface area (Å²) in [5.74, 6) is 0.0613. The quantitative estimate of drug-likeness (QED) is 0.670. The minimum atomic E-state index is -0.382. The molecule has 1 aliphatic rings. The van der Waals surface area contributed by atoms with E-state index in [9.17, 15) is 4.79 Å². The third-order valence-electron chi connectivity index (χ3n) is 2.55. The summed E-state index contributed by atoms with van der Waals surface area (Å²) in [4.78, 5) is 13.6. The van der Waals surface area contributed by atoms with Crippen molar-refractivity contribution in [3.63, 3.8) is 0 Å². The topological polar surface area (TPSA) is 52.6 Å². The van der Waals surface area contributed by atoms with Crippen molar-refractivity contribution < 1.29 is 9.90 Å². The Morgan fingerprint density at radius 3 is 2.93 bits per heavy atom. The highest BCUT2D eigenvalue weighted by atomic mass is 16.3. The second kappa shape index (κ2) is 5.32. The van der Waals surface area contributed by atoms with E-state index in [1.165, 1.54) is 0 Å². The van der Waals surface area contributed by atoms with Crippen LogP contribution < -0.4 is 5.32 Å². The fourth-order valence-electron chi connectivity index (χ4n) is 1.69. The molecule has 1 heterocycles. The van der Waals surface area contributed by atoms with E-state index >= 15 is 0 Å². The molecule has 0 aliphatic carbocycles. The lowest BCUT2D eigenvalue weighted by Gasteiger charge is -2.13. The van der Waals surface area contributed by atoms with Crippen LogP contribution in [0.2, 0.25) is 0 Å². The van der Waals surface area contributed by atoms with Gasteiger partial charge in [-0.25, -0.2) is 0 Å². The first-order chi connectivity index (χ1) is 6.58. The predicted octanol–water partition coefficient (Wildman–Crippen LogP) is -0.0323. The van der Waals surface area contributed by atoms with Gasteiger partial charge in [0.2, 0.25) is 5.91 Å². The van der Waals surface area contributed by atoms with Crippen LogP contribution in [-0.4, -0.2) is 48.2 Å². The maximum absolute atomic E-state index is 11.4. The monoisotopic (exact) mass is 200 g/mol. The van der Waals surface area contributed by atoms with Gasteiger partial charge >= 0.3 is 0 Å². The Morgan fingerprint density at radius 1 is 1.71 bits per heavy atom. The molecule has 0 spiro atoms. The van der Waals surface area contributed by atoms with Crippen molar-refractivity contribution in [3.05, 3.63) is 0 Å². The number of nitrogens with zero attached hydrogens (tertiary/aromatic N) is 1. The van der Waals surface area contributed by atoms with Gasteiger partial charge in [0.15, 0.2) is 0 Å². The van der Waals surface area contributed by atoms with E-state index < -0.39 is 0 Å². The maximum Gasteiger partial charge on any atom is 0.220 e. The molecule has 2 atom stereocenters. The van der Waals surface area contributed by atoms with Gasteiger partial charge < -0.3 is 15.3 Å². The summed E-state index contributed by atoms with van der Waals surface area (Å²) in [7, 11) is 2.06. The molecule has 1 fully saturated rings. The summed E-state index contributed by atoms with van der Waals surface area (Å²) in [5.41, 5.74) is 0. The third kappa shape index (κ3) is 4.07. The average molecular weight is 200 g/mol. The van der Waals surface area contributed by atoms with E-state index in [0.717, 1.165) is 19.5 Å². The van der Waals surface area contributed by atoms with Gasteiger partial charge in [-0.05, 0) is 33.4 Å². The lowest BCUT2D eigenvalue weighted by atomic mass is 10.2. The van der Waals surface area contributed by atoms with Crippen LogP contribution in [0.3, 0.4) is 0 Å². The van der Waals surface area contributed by atoms with Crippen molar-refractivity contribution in [3.8, 4) is 0 Å². The van der Waals surface area contributed by atoms with E-state index in [2.05, 4.69) is 17.3 Å². The molecular formula is C10H20N2O2. The van der Waals surface area contributed by atoms with E-state index in [-0.39, 0.29) is 12.0 Å². The van der Waals surface area contributed by atoms with Gasteiger partial charge in [-0.1, -0.05) is 0 Å². The van der Waals surface area contributed by atoms with E-state index in [4.69, 9.17) is 5.11 Å². The molecule has 1 saturated heterocycles. The Balaban J connectivity index is 2.14. The number of rotatable bonds is 4. The summed E-state index contributed by atoms with van der Waals surface area (Å²) in [6, 6.07) is 0.307. The highest BCUT2D eigenvalue weighted by Gasteiger charge is 2.20. The first-order valence-corrected chi connectivity index (χ1v) is 5.24. The van der Waals surface area contributed by atoms with Gasteiger partial charge in [0.25, 0.3) is 0 Å². The van der Waals surface area contributed by atoms with Gasteiger partial charge in [-0.15, -0.1) is 0 Å². The molecular weight excluding hydrogens is 180 g/mol. The second-order valence-electron chi connectivity index (χ2n) is 4.20. The smallest absolute Gasteiger partial charge is 0.220 e. The van der Waals surface area contributed by atoms with Crippen molar-refractivity contribution in [2.75, 3.05) is 20.1 Å². The van der Waals surface area contributed by atoms with Crippen LogP contribution in [0.1, 0.15) is 26.2 Å². The molecule has 0 aromatic carbocycles. The van der Waals surface area contributed by atoms with E-state index in [0.29, 0.717) is 18.9 Å². The Labute approximate surface area is 85.3 Å². The lowest BCUT2D eigenvalue weighted by Crippen LogP contribution is -2.36. The Morgan fingerprint density at radius 2 is 2.43 bits per heavy atom. The zero-order valence-electron chi connectivity index (χ0n) is 8.99. The largest absolute Gasteiger partial charge is 0.393 e. The number of likely N-dealkylation sites (N-methyl/N-ethyl adjacent to an activating group) is 1. The Hall–Kier alpha value is -0.610. The molecule has 14 heavy (non-hydrogen) atoms. The molecule has 1 rings (SSSR count). The Bertz CT molecular complexity index is 195. The molecule has 0 aromatic rings. The molecule has 4 heteroatoms. The van der Waals surface area contributed by atoms with E-state index in [1.807, 2.05) is 0 Å². The summed E-state index contributed by atoms with van der Waals surface area (Å²) in [6.45, 7) is 3.71. The normalized spacial score (nSPS) is 24.9. The summed E-state index contributed by atoms with van der Waals surface area (Å²) in [5, 5.41) is 12.0. The van der Waals surface area contributed by atoms with Crippen molar-refractivity contribution in [1.29, 1.82) is 0 Å². The van der Waals surface area contributed by atoms with Gasteiger partial charge in [0.05, 0.1) is 6.10 Å². The zero-order chi connectivity index (χ0) is 10.6. The number of amides is 1. The van der Waals surface area contributed by atoms with Crippen molar-refractivity contribution >= 4 is 5.91 Å². The number of hydrogen-bond acceptors (Lipinski definition) is 3. The van der Waals surface area contributed by atoms with Crippen LogP contribution in [0.25, 0.3) is 0 Å². The van der Waals surface area contributed by atoms with Crippen LogP contribution in [0, 0.1) is 0 Å². The molecule has 2 N–H and O–H groups in total. The molecule has 0 saturated carbocycles. The molecule has 0 bridgehead atoms. The Kier molecular flexibility index (Phi) is 4.35. The summed E-state index contributed by atoms with van der Waals surface area (Å²) >= 11 is 0. The maximum atomic E-state index is 11.4. The van der Waals surface area contributed by atoms with Crippen LogP contribution >= 0.6 is 0 Å². The average Bonchev–Trinajstić information content (AvgIpc) is 2.48.